The van der Waals surface area contributed by atoms with Gasteiger partial charge in [-0.3, -0.25) is 9.59 Å². The number of nitrogens with zero attached hydrogens (tertiary/aromatic N) is 2. The second-order valence-corrected chi connectivity index (χ2v) is 5.67. The van der Waals surface area contributed by atoms with Gasteiger partial charge in [-0.25, -0.2) is 4.98 Å². The molecule has 0 spiro atoms. The molecule has 1 aliphatic carbocycles. The Morgan fingerprint density at radius 1 is 1.18 bits per heavy atom. The lowest BCUT2D eigenvalue weighted by Gasteiger charge is -2.14. The van der Waals surface area contributed by atoms with E-state index in [0.29, 0.717) is 22.6 Å². The molecule has 4 nitrogen and oxygen atoms in total. The predicted molar refractivity (Wildman–Crippen MR) is 85.1 cm³/mol. The van der Waals surface area contributed by atoms with Crippen molar-refractivity contribution in [1.29, 1.82) is 0 Å². The third-order valence-electron chi connectivity index (χ3n) is 4.00. The van der Waals surface area contributed by atoms with Crippen LogP contribution in [0, 0.1) is 0 Å². The number of carbonyl (C=O) groups excluding carboxylic acids is 2. The van der Waals surface area contributed by atoms with E-state index in [9.17, 15) is 9.59 Å². The summed E-state index contributed by atoms with van der Waals surface area (Å²) >= 11 is 0. The number of rotatable bonds is 3. The molecule has 2 aromatic rings. The second kappa shape index (κ2) is 5.37. The van der Waals surface area contributed by atoms with Crippen molar-refractivity contribution in [3.63, 3.8) is 0 Å². The number of benzene rings is 1. The Hall–Kier alpha value is -2.49. The smallest absolute Gasteiger partial charge is 0.214 e. The van der Waals surface area contributed by atoms with Gasteiger partial charge in [0, 0.05) is 18.2 Å². The molecule has 22 heavy (non-hydrogen) atoms. The number of hydrogen-bond acceptors (Lipinski definition) is 3. The van der Waals surface area contributed by atoms with E-state index in [4.69, 9.17) is 0 Å². The third-order valence-corrected chi connectivity index (χ3v) is 4.00. The fourth-order valence-electron chi connectivity index (χ4n) is 2.88. The predicted octanol–water partition coefficient (Wildman–Crippen LogP) is 3.40. The zero-order valence-corrected chi connectivity index (χ0v) is 13.0. The molecule has 112 valence electrons. The van der Waals surface area contributed by atoms with Gasteiger partial charge < -0.3 is 4.57 Å². The highest BCUT2D eigenvalue weighted by Gasteiger charge is 2.34. The molecule has 0 aliphatic heterocycles. The Morgan fingerprint density at radius 2 is 1.82 bits per heavy atom. The molecule has 0 radical (unpaired) electrons. The minimum absolute atomic E-state index is 0.131. The molecular formula is C18H18N2O2. The van der Waals surface area contributed by atoms with Gasteiger partial charge in [0.25, 0.3) is 0 Å². The molecule has 1 aliphatic rings. The Balaban J connectivity index is 2.15. The normalized spacial score (nSPS) is 14.0. The molecule has 0 amide bonds. The average molecular weight is 294 g/mol. The largest absolute Gasteiger partial charge is 0.324 e. The van der Waals surface area contributed by atoms with E-state index in [-0.39, 0.29) is 17.3 Å². The van der Waals surface area contributed by atoms with Gasteiger partial charge in [0.15, 0.2) is 0 Å². The lowest BCUT2D eigenvalue weighted by atomic mass is 9.90. The number of allylic oxidation sites excluding steroid dienone is 1. The Bertz CT molecular complexity index is 812. The van der Waals surface area contributed by atoms with Crippen LogP contribution in [0.4, 0.5) is 0 Å². The van der Waals surface area contributed by atoms with E-state index in [2.05, 4.69) is 11.9 Å². The molecule has 0 bridgehead atoms. The van der Waals surface area contributed by atoms with Crippen LogP contribution in [0.15, 0.2) is 29.8 Å². The van der Waals surface area contributed by atoms with Crippen LogP contribution in [-0.2, 0) is 7.05 Å². The van der Waals surface area contributed by atoms with E-state index in [1.165, 1.54) is 5.57 Å². The number of carbonyl (C=O) groups is 2. The molecule has 0 unspecified atom stereocenters. The summed E-state index contributed by atoms with van der Waals surface area (Å²) in [5.41, 5.74) is 2.74. The highest BCUT2D eigenvalue weighted by atomic mass is 16.1. The molecule has 1 aromatic carbocycles. The molecule has 0 fully saturated rings. The summed E-state index contributed by atoms with van der Waals surface area (Å²) in [6.45, 7) is 4.15. The molecular weight excluding hydrogens is 276 g/mol. The highest BCUT2D eigenvalue weighted by molar-refractivity contribution is 6.27. The number of fused-ring (bicyclic) bond motifs is 2. The van der Waals surface area contributed by atoms with Crippen LogP contribution in [0.2, 0.25) is 0 Å². The Morgan fingerprint density at radius 3 is 2.45 bits per heavy atom. The van der Waals surface area contributed by atoms with E-state index >= 15 is 0 Å². The zero-order valence-electron chi connectivity index (χ0n) is 13.0. The lowest BCUT2D eigenvalue weighted by Crippen LogP contribution is -2.22. The van der Waals surface area contributed by atoms with E-state index < -0.39 is 0 Å². The van der Waals surface area contributed by atoms with Gasteiger partial charge >= 0.3 is 0 Å². The van der Waals surface area contributed by atoms with Crippen LogP contribution in [0.5, 0.6) is 0 Å². The highest BCUT2D eigenvalue weighted by Crippen LogP contribution is 2.27. The van der Waals surface area contributed by atoms with E-state index in [0.717, 1.165) is 12.8 Å². The summed E-state index contributed by atoms with van der Waals surface area (Å²) in [5, 5.41) is 0. The SMILES string of the molecule is CCC/C(C)=C/c1nc2c(n1C)C(=O)c1ccccc1C2=O. The van der Waals surface area contributed by atoms with Crippen LogP contribution in [0.1, 0.15) is 64.6 Å². The van der Waals surface area contributed by atoms with Crippen molar-refractivity contribution in [2.24, 2.45) is 7.05 Å². The van der Waals surface area contributed by atoms with Crippen molar-refractivity contribution in [3.05, 3.63) is 58.2 Å². The van der Waals surface area contributed by atoms with Gasteiger partial charge in [0.05, 0.1) is 0 Å². The van der Waals surface area contributed by atoms with E-state index in [1.807, 2.05) is 13.0 Å². The summed E-state index contributed by atoms with van der Waals surface area (Å²) in [7, 11) is 1.79. The topological polar surface area (TPSA) is 52.0 Å². The molecule has 0 N–H and O–H groups in total. The molecule has 4 heteroatoms. The molecule has 0 saturated heterocycles. The number of imidazole rings is 1. The maximum Gasteiger partial charge on any atom is 0.214 e. The molecule has 1 heterocycles. The van der Waals surface area contributed by atoms with Gasteiger partial charge in [-0.1, -0.05) is 43.2 Å². The van der Waals surface area contributed by atoms with Gasteiger partial charge in [-0.05, 0) is 19.4 Å². The van der Waals surface area contributed by atoms with Crippen LogP contribution in [-0.4, -0.2) is 21.1 Å². The van der Waals surface area contributed by atoms with Crippen molar-refractivity contribution in [2.75, 3.05) is 0 Å². The molecule has 0 saturated carbocycles. The first-order chi connectivity index (χ1) is 10.5. The maximum absolute atomic E-state index is 12.7. The van der Waals surface area contributed by atoms with Crippen LogP contribution in [0.25, 0.3) is 6.08 Å². The van der Waals surface area contributed by atoms with E-state index in [1.54, 1.807) is 35.9 Å². The van der Waals surface area contributed by atoms with Gasteiger partial charge in [0.2, 0.25) is 11.6 Å². The van der Waals surface area contributed by atoms with Crippen LogP contribution < -0.4 is 0 Å². The van der Waals surface area contributed by atoms with Gasteiger partial charge in [-0.2, -0.15) is 0 Å². The summed E-state index contributed by atoms with van der Waals surface area (Å²) in [4.78, 5) is 29.7. The van der Waals surface area contributed by atoms with Crippen molar-refractivity contribution in [2.45, 2.75) is 26.7 Å². The summed E-state index contributed by atoms with van der Waals surface area (Å²) in [5.74, 6) is 0.354. The summed E-state index contributed by atoms with van der Waals surface area (Å²) in [6, 6.07) is 6.93. The van der Waals surface area contributed by atoms with Crippen LogP contribution >= 0.6 is 0 Å². The number of ketones is 2. The minimum Gasteiger partial charge on any atom is -0.324 e. The fourth-order valence-corrected chi connectivity index (χ4v) is 2.88. The quantitative estimate of drug-likeness (QED) is 0.744. The lowest BCUT2D eigenvalue weighted by molar-refractivity contribution is 0.0971. The third kappa shape index (κ3) is 2.11. The first-order valence-electron chi connectivity index (χ1n) is 7.47. The first-order valence-corrected chi connectivity index (χ1v) is 7.47. The standard InChI is InChI=1S/C18H18N2O2/c1-4-7-11(2)10-14-19-15-16(20(14)3)18(22)13-9-6-5-8-12(13)17(15)21/h5-6,8-10H,4,7H2,1-3H3/b11-10+. The summed E-state index contributed by atoms with van der Waals surface area (Å²) < 4.78 is 1.73. The fraction of sp³-hybridized carbons (Fsp3) is 0.278. The Kier molecular flexibility index (Phi) is 3.53. The van der Waals surface area contributed by atoms with Crippen molar-refractivity contribution >= 4 is 17.6 Å². The monoisotopic (exact) mass is 294 g/mol. The first kappa shape index (κ1) is 14.4. The molecule has 3 rings (SSSR count). The average Bonchev–Trinajstić information content (AvgIpc) is 2.82. The van der Waals surface area contributed by atoms with Gasteiger partial charge in [-0.15, -0.1) is 0 Å². The zero-order chi connectivity index (χ0) is 15.9. The minimum atomic E-state index is -0.173. The van der Waals surface area contributed by atoms with Gasteiger partial charge in [0.1, 0.15) is 17.2 Å². The Labute approximate surface area is 129 Å². The second-order valence-electron chi connectivity index (χ2n) is 5.67. The molecule has 0 atom stereocenters. The maximum atomic E-state index is 12.7. The molecule has 1 aromatic heterocycles. The number of aromatic nitrogens is 2. The van der Waals surface area contributed by atoms with Crippen molar-refractivity contribution in [3.8, 4) is 0 Å². The number of hydrogen-bond donors (Lipinski definition) is 0. The van der Waals surface area contributed by atoms with Crippen molar-refractivity contribution < 1.29 is 9.59 Å². The van der Waals surface area contributed by atoms with Crippen LogP contribution in [0.3, 0.4) is 0 Å². The summed E-state index contributed by atoms with van der Waals surface area (Å²) in [6.07, 6.45) is 3.97. The van der Waals surface area contributed by atoms with Crippen molar-refractivity contribution in [1.82, 2.24) is 9.55 Å².